The topological polar surface area (TPSA) is 56.8 Å². The number of fused-ring (bicyclic) bond motifs is 1. The summed E-state index contributed by atoms with van der Waals surface area (Å²) in [5.41, 5.74) is 0. The monoisotopic (exact) mass is 356 g/mol. The van der Waals surface area contributed by atoms with Crippen LogP contribution in [0.15, 0.2) is 36.9 Å². The van der Waals surface area contributed by atoms with Crippen molar-refractivity contribution in [1.82, 2.24) is 14.2 Å². The molecule has 2 amide bonds. The van der Waals surface area contributed by atoms with E-state index >= 15 is 0 Å². The van der Waals surface area contributed by atoms with E-state index in [1.165, 1.54) is 27.7 Å². The molecule has 7 heteroatoms. The Morgan fingerprint density at radius 1 is 1.16 bits per heavy atom. The molecule has 2 aromatic rings. The maximum atomic E-state index is 12.7. The minimum Gasteiger partial charge on any atom is -0.352 e. The Morgan fingerprint density at radius 2 is 1.92 bits per heavy atom. The molecular formula is C18H20N4O2S. The molecule has 4 rings (SSSR count). The van der Waals surface area contributed by atoms with Crippen molar-refractivity contribution < 1.29 is 9.59 Å². The van der Waals surface area contributed by atoms with Crippen LogP contribution in [0.4, 0.5) is 5.82 Å². The fourth-order valence-electron chi connectivity index (χ4n) is 3.48. The lowest BCUT2D eigenvalue weighted by Gasteiger charge is -2.43. The van der Waals surface area contributed by atoms with E-state index in [2.05, 4.69) is 28.0 Å². The van der Waals surface area contributed by atoms with E-state index in [4.69, 9.17) is 0 Å². The summed E-state index contributed by atoms with van der Waals surface area (Å²) in [6.07, 6.45) is 2.03. The van der Waals surface area contributed by atoms with Gasteiger partial charge in [-0.25, -0.2) is 0 Å². The zero-order valence-electron chi connectivity index (χ0n) is 13.9. The van der Waals surface area contributed by atoms with Gasteiger partial charge in [-0.1, -0.05) is 18.7 Å². The van der Waals surface area contributed by atoms with Crippen molar-refractivity contribution in [2.24, 2.45) is 0 Å². The van der Waals surface area contributed by atoms with Gasteiger partial charge in [0.05, 0.1) is 4.70 Å². The van der Waals surface area contributed by atoms with Crippen molar-refractivity contribution in [2.75, 3.05) is 37.6 Å². The number of amides is 2. The molecule has 3 heterocycles. The first-order chi connectivity index (χ1) is 12.2. The van der Waals surface area contributed by atoms with Crippen LogP contribution in [0.3, 0.4) is 0 Å². The number of hydrogen-bond donors (Lipinski definition) is 0. The van der Waals surface area contributed by atoms with Crippen molar-refractivity contribution >= 4 is 39.3 Å². The van der Waals surface area contributed by atoms with E-state index in [1.807, 2.05) is 17.0 Å². The average Bonchev–Trinajstić information content (AvgIpc) is 3.05. The molecule has 0 spiro atoms. The zero-order chi connectivity index (χ0) is 17.4. The van der Waals surface area contributed by atoms with Crippen molar-refractivity contribution in [3.8, 4) is 0 Å². The van der Waals surface area contributed by atoms with Crippen LogP contribution < -0.4 is 4.90 Å². The van der Waals surface area contributed by atoms with E-state index in [0.717, 1.165) is 25.3 Å². The standard InChI is InChI=1S/C18H20N4O2S/c1-2-16(23)22-8-7-14(22)18(24)21-11-9-20(10-12-21)17-13-5-3-4-6-15(13)25-19-17/h2-6,14H,1,7-12H2/t14-/m1/s1. The Kier molecular flexibility index (Phi) is 4.17. The number of anilines is 1. The van der Waals surface area contributed by atoms with Crippen LogP contribution in [0.5, 0.6) is 0 Å². The summed E-state index contributed by atoms with van der Waals surface area (Å²) in [5.74, 6) is 0.918. The summed E-state index contributed by atoms with van der Waals surface area (Å²) < 4.78 is 5.78. The number of carbonyl (C=O) groups is 2. The highest BCUT2D eigenvalue weighted by Crippen LogP contribution is 2.30. The number of rotatable bonds is 3. The quantitative estimate of drug-likeness (QED) is 0.786. The van der Waals surface area contributed by atoms with Gasteiger partial charge < -0.3 is 14.7 Å². The maximum absolute atomic E-state index is 12.7. The van der Waals surface area contributed by atoms with E-state index in [0.29, 0.717) is 19.6 Å². The number of aromatic nitrogens is 1. The van der Waals surface area contributed by atoms with Gasteiger partial charge in [0.2, 0.25) is 11.8 Å². The normalized spacial score (nSPS) is 20.5. The molecule has 2 aliphatic rings. The third-order valence-electron chi connectivity index (χ3n) is 5.01. The van der Waals surface area contributed by atoms with Gasteiger partial charge >= 0.3 is 0 Å². The van der Waals surface area contributed by atoms with Gasteiger partial charge in [0.25, 0.3) is 0 Å². The van der Waals surface area contributed by atoms with Crippen molar-refractivity contribution in [1.29, 1.82) is 0 Å². The maximum Gasteiger partial charge on any atom is 0.246 e. The predicted octanol–water partition coefficient (Wildman–Crippen LogP) is 1.73. The molecule has 2 saturated heterocycles. The van der Waals surface area contributed by atoms with Crippen molar-refractivity contribution in [3.63, 3.8) is 0 Å². The SMILES string of the molecule is C=CC(=O)N1CC[C@@H]1C(=O)N1CCN(c2nsc3ccccc23)CC1. The van der Waals surface area contributed by atoms with Gasteiger partial charge in [-0.3, -0.25) is 9.59 Å². The number of likely N-dealkylation sites (tertiary alicyclic amines) is 1. The molecule has 0 aliphatic carbocycles. The van der Waals surface area contributed by atoms with Gasteiger partial charge in [0.1, 0.15) is 11.9 Å². The molecule has 2 aliphatic heterocycles. The second kappa shape index (κ2) is 6.48. The number of nitrogens with zero attached hydrogens (tertiary/aromatic N) is 4. The van der Waals surface area contributed by atoms with E-state index in [-0.39, 0.29) is 17.9 Å². The molecule has 0 bridgehead atoms. The van der Waals surface area contributed by atoms with Gasteiger partial charge in [0.15, 0.2) is 0 Å². The molecule has 130 valence electrons. The summed E-state index contributed by atoms with van der Waals surface area (Å²) >= 11 is 1.51. The van der Waals surface area contributed by atoms with E-state index in [1.54, 1.807) is 4.90 Å². The molecule has 1 aromatic carbocycles. The summed E-state index contributed by atoms with van der Waals surface area (Å²) in [6, 6.07) is 7.92. The third-order valence-corrected chi connectivity index (χ3v) is 5.83. The molecule has 1 atom stereocenters. The minimum absolute atomic E-state index is 0.0595. The van der Waals surface area contributed by atoms with E-state index in [9.17, 15) is 9.59 Å². The van der Waals surface area contributed by atoms with Gasteiger partial charge in [0, 0.05) is 38.1 Å². The molecule has 0 radical (unpaired) electrons. The third kappa shape index (κ3) is 2.78. The Morgan fingerprint density at radius 3 is 2.60 bits per heavy atom. The number of piperazine rings is 1. The summed E-state index contributed by atoms with van der Waals surface area (Å²) in [5, 5.41) is 1.18. The van der Waals surface area contributed by atoms with Gasteiger partial charge in [-0.2, -0.15) is 4.37 Å². The van der Waals surface area contributed by atoms with Crippen molar-refractivity contribution in [3.05, 3.63) is 36.9 Å². The molecule has 2 fully saturated rings. The molecule has 0 unspecified atom stereocenters. The minimum atomic E-state index is -0.308. The second-order valence-electron chi connectivity index (χ2n) is 6.35. The molecule has 0 N–H and O–H groups in total. The Labute approximate surface area is 150 Å². The summed E-state index contributed by atoms with van der Waals surface area (Å²) in [4.78, 5) is 30.2. The van der Waals surface area contributed by atoms with Gasteiger partial charge in [-0.15, -0.1) is 0 Å². The van der Waals surface area contributed by atoms with Crippen LogP contribution in [0.2, 0.25) is 0 Å². The van der Waals surface area contributed by atoms with E-state index < -0.39 is 0 Å². The zero-order valence-corrected chi connectivity index (χ0v) is 14.7. The fraction of sp³-hybridized carbons (Fsp3) is 0.389. The van der Waals surface area contributed by atoms with Crippen LogP contribution in [-0.2, 0) is 9.59 Å². The molecule has 0 saturated carbocycles. The highest BCUT2D eigenvalue weighted by atomic mass is 32.1. The number of hydrogen-bond acceptors (Lipinski definition) is 5. The fourth-order valence-corrected chi connectivity index (χ4v) is 4.27. The first-order valence-corrected chi connectivity index (χ1v) is 9.27. The first kappa shape index (κ1) is 16.1. The summed E-state index contributed by atoms with van der Waals surface area (Å²) in [6.45, 7) is 7.01. The Hall–Kier alpha value is -2.41. The molecule has 6 nitrogen and oxygen atoms in total. The molecule has 1 aromatic heterocycles. The Bertz CT molecular complexity index is 825. The van der Waals surface area contributed by atoms with Crippen LogP contribution in [-0.4, -0.2) is 64.8 Å². The highest BCUT2D eigenvalue weighted by Gasteiger charge is 2.39. The number of benzene rings is 1. The first-order valence-electron chi connectivity index (χ1n) is 8.50. The largest absolute Gasteiger partial charge is 0.352 e. The second-order valence-corrected chi connectivity index (χ2v) is 7.16. The number of carbonyl (C=O) groups excluding carboxylic acids is 2. The lowest BCUT2D eigenvalue weighted by atomic mass is 10.0. The van der Waals surface area contributed by atoms with Crippen LogP contribution >= 0.6 is 11.5 Å². The van der Waals surface area contributed by atoms with Crippen LogP contribution in [0.25, 0.3) is 10.1 Å². The highest BCUT2D eigenvalue weighted by molar-refractivity contribution is 7.13. The molecular weight excluding hydrogens is 336 g/mol. The Balaban J connectivity index is 1.41. The lowest BCUT2D eigenvalue weighted by Crippen LogP contribution is -2.61. The lowest BCUT2D eigenvalue weighted by molar-refractivity contribution is -0.150. The van der Waals surface area contributed by atoms with Crippen LogP contribution in [0, 0.1) is 0 Å². The van der Waals surface area contributed by atoms with Gasteiger partial charge in [-0.05, 0) is 36.2 Å². The molecule has 25 heavy (non-hydrogen) atoms. The van der Waals surface area contributed by atoms with Crippen LogP contribution in [0.1, 0.15) is 6.42 Å². The van der Waals surface area contributed by atoms with Crippen molar-refractivity contribution in [2.45, 2.75) is 12.5 Å². The summed E-state index contributed by atoms with van der Waals surface area (Å²) in [7, 11) is 0. The predicted molar refractivity (Wildman–Crippen MR) is 98.7 cm³/mol. The average molecular weight is 356 g/mol. The smallest absolute Gasteiger partial charge is 0.246 e.